The number of nitrogens with two attached hydrogens (primary N) is 1. The standard InChI is InChI=1S/C13H14N6O3S/c1-23(21,22)17-12-6-15-19(16-12)8-13(20)18-7-10(14)9-4-2-3-5-11(9)18/h2-7H,8,14H2,1H3,(H,16,17). The third kappa shape index (κ3) is 3.16. The molecule has 0 spiro atoms. The van der Waals surface area contributed by atoms with E-state index < -0.39 is 10.0 Å². The van der Waals surface area contributed by atoms with Gasteiger partial charge in [0.05, 0.1) is 23.7 Å². The summed E-state index contributed by atoms with van der Waals surface area (Å²) in [5.41, 5.74) is 7.09. The van der Waals surface area contributed by atoms with Crippen molar-refractivity contribution in [1.82, 2.24) is 19.6 Å². The third-order valence-electron chi connectivity index (χ3n) is 3.11. The number of carbonyl (C=O) groups is 1. The SMILES string of the molecule is CS(=O)(=O)Nc1cnn(CC(=O)n2cc(N)c3ccccc32)n1. The summed E-state index contributed by atoms with van der Waals surface area (Å²) in [5, 5.41) is 8.55. The van der Waals surface area contributed by atoms with E-state index in [0.29, 0.717) is 11.2 Å². The fourth-order valence-corrected chi connectivity index (χ4v) is 2.69. The molecule has 0 atom stereocenters. The highest BCUT2D eigenvalue weighted by molar-refractivity contribution is 7.92. The number of nitrogens with zero attached hydrogens (tertiary/aromatic N) is 4. The number of nitrogen functional groups attached to an aromatic ring is 1. The van der Waals surface area contributed by atoms with Crippen molar-refractivity contribution in [3.05, 3.63) is 36.7 Å². The topological polar surface area (TPSA) is 125 Å². The molecule has 2 aromatic heterocycles. The zero-order chi connectivity index (χ0) is 16.6. The molecule has 120 valence electrons. The molecule has 0 amide bonds. The number of aromatic nitrogens is 4. The lowest BCUT2D eigenvalue weighted by atomic mass is 10.2. The molecule has 0 aliphatic heterocycles. The lowest BCUT2D eigenvalue weighted by Gasteiger charge is -2.03. The summed E-state index contributed by atoms with van der Waals surface area (Å²) in [4.78, 5) is 13.5. The number of hydrogen-bond acceptors (Lipinski definition) is 6. The van der Waals surface area contributed by atoms with E-state index in [9.17, 15) is 13.2 Å². The van der Waals surface area contributed by atoms with Crippen LogP contribution in [0.1, 0.15) is 4.79 Å². The highest BCUT2D eigenvalue weighted by Crippen LogP contribution is 2.22. The maximum Gasteiger partial charge on any atom is 0.254 e. The molecule has 0 saturated carbocycles. The first-order chi connectivity index (χ1) is 10.8. The van der Waals surface area contributed by atoms with Crippen molar-refractivity contribution >= 4 is 38.3 Å². The zero-order valence-corrected chi connectivity index (χ0v) is 13.0. The maximum atomic E-state index is 12.4. The predicted molar refractivity (Wildman–Crippen MR) is 85.5 cm³/mol. The van der Waals surface area contributed by atoms with Crippen molar-refractivity contribution in [2.24, 2.45) is 0 Å². The van der Waals surface area contributed by atoms with E-state index in [1.807, 2.05) is 18.2 Å². The summed E-state index contributed by atoms with van der Waals surface area (Å²) in [7, 11) is -3.44. The summed E-state index contributed by atoms with van der Waals surface area (Å²) in [6.07, 6.45) is 3.79. The monoisotopic (exact) mass is 334 g/mol. The average Bonchev–Trinajstić information content (AvgIpc) is 3.02. The van der Waals surface area contributed by atoms with Crippen LogP contribution in [0.2, 0.25) is 0 Å². The molecule has 10 heteroatoms. The Balaban J connectivity index is 1.84. The molecule has 3 rings (SSSR count). The van der Waals surface area contributed by atoms with E-state index in [4.69, 9.17) is 5.73 Å². The first-order valence-corrected chi connectivity index (χ1v) is 8.49. The van der Waals surface area contributed by atoms with Crippen LogP contribution in [-0.2, 0) is 16.6 Å². The number of rotatable bonds is 4. The lowest BCUT2D eigenvalue weighted by Crippen LogP contribution is -2.19. The van der Waals surface area contributed by atoms with Crippen LogP contribution in [0.5, 0.6) is 0 Å². The van der Waals surface area contributed by atoms with E-state index in [2.05, 4.69) is 14.9 Å². The largest absolute Gasteiger partial charge is 0.397 e. The molecule has 0 aliphatic carbocycles. The van der Waals surface area contributed by atoms with Gasteiger partial charge in [-0.25, -0.2) is 8.42 Å². The van der Waals surface area contributed by atoms with Crippen LogP contribution in [0.4, 0.5) is 11.5 Å². The van der Waals surface area contributed by atoms with Crippen molar-refractivity contribution < 1.29 is 13.2 Å². The second-order valence-electron chi connectivity index (χ2n) is 5.00. The van der Waals surface area contributed by atoms with Crippen LogP contribution in [0.25, 0.3) is 10.9 Å². The average molecular weight is 334 g/mol. The van der Waals surface area contributed by atoms with Gasteiger partial charge in [0.1, 0.15) is 6.54 Å². The van der Waals surface area contributed by atoms with Gasteiger partial charge in [-0.15, -0.1) is 5.10 Å². The second-order valence-corrected chi connectivity index (χ2v) is 6.75. The van der Waals surface area contributed by atoms with Crippen LogP contribution in [0.15, 0.2) is 36.7 Å². The molecule has 1 aromatic carbocycles. The number of para-hydroxylation sites is 1. The first-order valence-electron chi connectivity index (χ1n) is 6.60. The quantitative estimate of drug-likeness (QED) is 0.717. The first kappa shape index (κ1) is 15.0. The molecule has 3 N–H and O–H groups in total. The molecule has 0 bridgehead atoms. The Labute approximate surface area is 131 Å². The van der Waals surface area contributed by atoms with Crippen LogP contribution >= 0.6 is 0 Å². The Morgan fingerprint density at radius 3 is 2.83 bits per heavy atom. The van der Waals surface area contributed by atoms with Gasteiger partial charge < -0.3 is 5.73 Å². The number of anilines is 2. The van der Waals surface area contributed by atoms with Gasteiger partial charge in [-0.1, -0.05) is 18.2 Å². The molecule has 23 heavy (non-hydrogen) atoms. The van der Waals surface area contributed by atoms with Crippen molar-refractivity contribution in [3.63, 3.8) is 0 Å². The molecule has 2 heterocycles. The lowest BCUT2D eigenvalue weighted by molar-refractivity contribution is 0.0886. The maximum absolute atomic E-state index is 12.4. The fourth-order valence-electron chi connectivity index (χ4n) is 2.22. The summed E-state index contributed by atoms with van der Waals surface area (Å²) in [6, 6.07) is 7.27. The van der Waals surface area contributed by atoms with Crippen molar-refractivity contribution in [1.29, 1.82) is 0 Å². The third-order valence-corrected chi connectivity index (χ3v) is 3.69. The molecular weight excluding hydrogens is 320 g/mol. The highest BCUT2D eigenvalue weighted by atomic mass is 32.2. The second kappa shape index (κ2) is 5.39. The molecule has 0 fully saturated rings. The molecule has 0 radical (unpaired) electrons. The van der Waals surface area contributed by atoms with Crippen molar-refractivity contribution in [2.45, 2.75) is 6.54 Å². The molecule has 3 aromatic rings. The van der Waals surface area contributed by atoms with Crippen molar-refractivity contribution in [2.75, 3.05) is 16.7 Å². The number of nitrogens with one attached hydrogen (secondary N) is 1. The molecule has 0 unspecified atom stereocenters. The molecular formula is C13H14N6O3S. The minimum atomic E-state index is -3.44. The summed E-state index contributed by atoms with van der Waals surface area (Å²) >= 11 is 0. The van der Waals surface area contributed by atoms with E-state index in [-0.39, 0.29) is 18.3 Å². The van der Waals surface area contributed by atoms with Gasteiger partial charge in [-0.05, 0) is 6.07 Å². The normalized spacial score (nSPS) is 11.7. The van der Waals surface area contributed by atoms with Crippen LogP contribution in [0, 0.1) is 0 Å². The Bertz CT molecular complexity index is 988. The van der Waals surface area contributed by atoms with E-state index in [0.717, 1.165) is 16.4 Å². The van der Waals surface area contributed by atoms with Gasteiger partial charge in [0.2, 0.25) is 10.0 Å². The van der Waals surface area contributed by atoms with Crippen LogP contribution in [0.3, 0.4) is 0 Å². The molecule has 0 aliphatic rings. The fraction of sp³-hybridized carbons (Fsp3) is 0.154. The van der Waals surface area contributed by atoms with Crippen LogP contribution < -0.4 is 10.5 Å². The number of carbonyl (C=O) groups excluding carboxylic acids is 1. The summed E-state index contributed by atoms with van der Waals surface area (Å²) in [6.45, 7) is -0.149. The number of benzene rings is 1. The molecule has 0 saturated heterocycles. The van der Waals surface area contributed by atoms with Gasteiger partial charge in [-0.3, -0.25) is 14.1 Å². The summed E-state index contributed by atoms with van der Waals surface area (Å²) < 4.78 is 25.9. The minimum absolute atomic E-state index is 0.0529. The van der Waals surface area contributed by atoms with Gasteiger partial charge in [-0.2, -0.15) is 9.90 Å². The van der Waals surface area contributed by atoms with Gasteiger partial charge in [0.15, 0.2) is 5.82 Å². The summed E-state index contributed by atoms with van der Waals surface area (Å²) in [5.74, 6) is -0.239. The Hall–Kier alpha value is -2.88. The smallest absolute Gasteiger partial charge is 0.254 e. The van der Waals surface area contributed by atoms with E-state index >= 15 is 0 Å². The van der Waals surface area contributed by atoms with E-state index in [1.54, 1.807) is 12.3 Å². The minimum Gasteiger partial charge on any atom is -0.397 e. The van der Waals surface area contributed by atoms with Gasteiger partial charge in [0.25, 0.3) is 5.91 Å². The Morgan fingerprint density at radius 1 is 1.35 bits per heavy atom. The molecule has 9 nitrogen and oxygen atoms in total. The van der Waals surface area contributed by atoms with Crippen LogP contribution in [-0.4, -0.2) is 40.1 Å². The Morgan fingerprint density at radius 2 is 2.09 bits per heavy atom. The van der Waals surface area contributed by atoms with Crippen molar-refractivity contribution in [3.8, 4) is 0 Å². The predicted octanol–water partition coefficient (Wildman–Crippen LogP) is 0.527. The Kier molecular flexibility index (Phi) is 3.52. The number of sulfonamides is 1. The number of fused-ring (bicyclic) bond motifs is 1. The van der Waals surface area contributed by atoms with Gasteiger partial charge >= 0.3 is 0 Å². The number of hydrogen-bond donors (Lipinski definition) is 2. The van der Waals surface area contributed by atoms with Gasteiger partial charge in [0, 0.05) is 11.6 Å². The van der Waals surface area contributed by atoms with E-state index in [1.165, 1.54) is 10.8 Å². The zero-order valence-electron chi connectivity index (χ0n) is 12.2. The highest BCUT2D eigenvalue weighted by Gasteiger charge is 2.14.